The van der Waals surface area contributed by atoms with Gasteiger partial charge >= 0.3 is 0 Å². The summed E-state index contributed by atoms with van der Waals surface area (Å²) in [6, 6.07) is 20.2. The average molecular weight is 459 g/mol. The monoisotopic (exact) mass is 458 g/mol. The molecule has 1 unspecified atom stereocenters. The van der Waals surface area contributed by atoms with Gasteiger partial charge in [-0.15, -0.1) is 0 Å². The van der Waals surface area contributed by atoms with Gasteiger partial charge in [0.25, 0.3) is 0 Å². The third-order valence-electron chi connectivity index (χ3n) is 6.38. The van der Waals surface area contributed by atoms with Crippen LogP contribution in [0.1, 0.15) is 66.0 Å². The summed E-state index contributed by atoms with van der Waals surface area (Å²) in [6.07, 6.45) is 8.48. The molecule has 3 aromatic rings. The highest BCUT2D eigenvalue weighted by atomic mass is 19.2. The minimum Gasteiger partial charge on any atom is -0.208 e. The summed E-state index contributed by atoms with van der Waals surface area (Å²) in [5, 5.41) is 0. The van der Waals surface area contributed by atoms with Crippen LogP contribution in [0.5, 0.6) is 0 Å². The number of hydrogen-bond donors (Lipinski definition) is 0. The minimum atomic E-state index is -0.786. The van der Waals surface area contributed by atoms with E-state index in [-0.39, 0.29) is 5.82 Å². The second kappa shape index (κ2) is 10.7. The summed E-state index contributed by atoms with van der Waals surface area (Å²) in [4.78, 5) is 0. The molecule has 1 atom stereocenters. The zero-order chi connectivity index (χ0) is 24.1. The Labute approximate surface area is 200 Å². The lowest BCUT2D eigenvalue weighted by Crippen LogP contribution is -2.06. The van der Waals surface area contributed by atoms with E-state index >= 15 is 4.39 Å². The number of aryl methyl sites for hydroxylation is 2. The van der Waals surface area contributed by atoms with Gasteiger partial charge in [-0.3, -0.25) is 0 Å². The fourth-order valence-electron chi connectivity index (χ4n) is 4.33. The van der Waals surface area contributed by atoms with Crippen LogP contribution in [0.3, 0.4) is 0 Å². The van der Waals surface area contributed by atoms with Crippen LogP contribution in [0.25, 0.3) is 17.7 Å². The van der Waals surface area contributed by atoms with Crippen LogP contribution in [-0.4, -0.2) is 0 Å². The van der Waals surface area contributed by atoms with Crippen molar-refractivity contribution in [2.75, 3.05) is 0 Å². The highest BCUT2D eigenvalue weighted by molar-refractivity contribution is 5.79. The van der Waals surface area contributed by atoms with Gasteiger partial charge in [0.2, 0.25) is 0 Å². The molecule has 174 valence electrons. The van der Waals surface area contributed by atoms with Crippen LogP contribution in [0.15, 0.2) is 84.5 Å². The Morgan fingerprint density at radius 1 is 0.824 bits per heavy atom. The molecule has 0 radical (unpaired) electrons. The van der Waals surface area contributed by atoms with Crippen LogP contribution in [-0.2, 0) is 12.8 Å². The van der Waals surface area contributed by atoms with Crippen LogP contribution >= 0.6 is 0 Å². The van der Waals surface area contributed by atoms with Gasteiger partial charge in [0.05, 0.1) is 0 Å². The van der Waals surface area contributed by atoms with Crippen molar-refractivity contribution in [2.24, 2.45) is 0 Å². The molecule has 3 heteroatoms. The Morgan fingerprint density at radius 3 is 2.18 bits per heavy atom. The number of rotatable bonds is 7. The zero-order valence-corrected chi connectivity index (χ0v) is 19.6. The first-order valence-electron chi connectivity index (χ1n) is 11.9. The van der Waals surface area contributed by atoms with Crippen molar-refractivity contribution in [1.29, 1.82) is 0 Å². The molecule has 1 aliphatic carbocycles. The summed E-state index contributed by atoms with van der Waals surface area (Å²) in [7, 11) is 0. The normalized spacial score (nSPS) is 16.3. The van der Waals surface area contributed by atoms with Gasteiger partial charge in [0.15, 0.2) is 5.83 Å². The topological polar surface area (TPSA) is 0 Å². The van der Waals surface area contributed by atoms with E-state index in [1.165, 1.54) is 0 Å². The molecular formula is C31H29F3. The van der Waals surface area contributed by atoms with E-state index in [0.717, 1.165) is 41.5 Å². The molecule has 0 N–H and O–H groups in total. The smallest absolute Gasteiger partial charge is 0.162 e. The number of hydrogen-bond acceptors (Lipinski definition) is 0. The van der Waals surface area contributed by atoms with Crippen molar-refractivity contribution >= 4 is 17.7 Å². The molecule has 1 aliphatic rings. The highest BCUT2D eigenvalue weighted by Gasteiger charge is 2.27. The van der Waals surface area contributed by atoms with Crippen molar-refractivity contribution in [2.45, 2.75) is 45.4 Å². The summed E-state index contributed by atoms with van der Waals surface area (Å²) in [5.74, 6) is -2.39. The molecule has 0 bridgehead atoms. The zero-order valence-electron chi connectivity index (χ0n) is 19.6. The first kappa shape index (κ1) is 23.8. The van der Waals surface area contributed by atoms with E-state index in [9.17, 15) is 8.78 Å². The molecule has 0 aromatic heterocycles. The van der Waals surface area contributed by atoms with Gasteiger partial charge in [0, 0.05) is 17.1 Å². The number of benzene rings is 3. The van der Waals surface area contributed by atoms with E-state index < -0.39 is 17.6 Å². The van der Waals surface area contributed by atoms with Gasteiger partial charge in [-0.1, -0.05) is 99.2 Å². The lowest BCUT2D eigenvalue weighted by molar-refractivity contribution is 0.487. The van der Waals surface area contributed by atoms with Crippen LogP contribution in [0.2, 0.25) is 0 Å². The standard InChI is InChI=1S/C31H29F3/c1-3-5-23-11-17-26(29(32)20-23)16-10-22-8-14-25(15-9-22)28-19-18-27(30(33)31(28)34)24-12-6-21(4-2)7-13-24/h6-18,20,28H,3-5,19H2,1-2H3/b16-10+. The van der Waals surface area contributed by atoms with Crippen LogP contribution in [0.4, 0.5) is 13.2 Å². The Hall–Kier alpha value is -3.33. The Bertz CT molecular complexity index is 1230. The summed E-state index contributed by atoms with van der Waals surface area (Å²) in [5.41, 5.74) is 5.28. The molecule has 3 aromatic carbocycles. The van der Waals surface area contributed by atoms with Crippen LogP contribution < -0.4 is 0 Å². The van der Waals surface area contributed by atoms with Crippen LogP contribution in [0, 0.1) is 5.82 Å². The maximum atomic E-state index is 15.0. The molecule has 0 aliphatic heterocycles. The number of halogens is 3. The molecule has 0 fully saturated rings. The molecule has 0 nitrogen and oxygen atoms in total. The van der Waals surface area contributed by atoms with Crippen molar-refractivity contribution in [1.82, 2.24) is 0 Å². The molecule has 34 heavy (non-hydrogen) atoms. The molecule has 0 spiro atoms. The van der Waals surface area contributed by atoms with Gasteiger partial charge in [-0.25, -0.2) is 13.2 Å². The highest BCUT2D eigenvalue weighted by Crippen LogP contribution is 2.42. The summed E-state index contributed by atoms with van der Waals surface area (Å²) in [6.45, 7) is 4.13. The maximum absolute atomic E-state index is 15.0. The lowest BCUT2D eigenvalue weighted by atomic mass is 9.86. The fourth-order valence-corrected chi connectivity index (χ4v) is 4.33. The van der Waals surface area contributed by atoms with Crippen molar-refractivity contribution < 1.29 is 13.2 Å². The molecular weight excluding hydrogens is 429 g/mol. The van der Waals surface area contributed by atoms with E-state index in [2.05, 4.69) is 13.8 Å². The van der Waals surface area contributed by atoms with E-state index in [1.54, 1.807) is 24.3 Å². The van der Waals surface area contributed by atoms with Gasteiger partial charge in [0.1, 0.15) is 11.6 Å². The minimum absolute atomic E-state index is 0.240. The lowest BCUT2D eigenvalue weighted by Gasteiger charge is -2.21. The summed E-state index contributed by atoms with van der Waals surface area (Å²) >= 11 is 0. The average Bonchev–Trinajstić information content (AvgIpc) is 2.86. The fraction of sp³-hybridized carbons (Fsp3) is 0.226. The predicted octanol–water partition coefficient (Wildman–Crippen LogP) is 9.23. The molecule has 4 rings (SSSR count). The largest absolute Gasteiger partial charge is 0.208 e. The third-order valence-corrected chi connectivity index (χ3v) is 6.38. The second-order valence-electron chi connectivity index (χ2n) is 8.72. The van der Waals surface area contributed by atoms with Crippen molar-refractivity contribution in [3.05, 3.63) is 124 Å². The molecule has 0 amide bonds. The Kier molecular flexibility index (Phi) is 7.52. The van der Waals surface area contributed by atoms with Crippen molar-refractivity contribution in [3.63, 3.8) is 0 Å². The molecule has 0 saturated heterocycles. The first-order chi connectivity index (χ1) is 16.5. The Morgan fingerprint density at radius 2 is 1.53 bits per heavy atom. The van der Waals surface area contributed by atoms with Gasteiger partial charge < -0.3 is 0 Å². The SMILES string of the molecule is CCCc1ccc(/C=C/c2ccc(C3CC=C(c4ccc(CC)cc4)C(F)=C3F)cc2)c(F)c1. The second-order valence-corrected chi connectivity index (χ2v) is 8.72. The molecule has 0 saturated carbocycles. The number of allylic oxidation sites excluding steroid dienone is 4. The maximum Gasteiger partial charge on any atom is 0.162 e. The predicted molar refractivity (Wildman–Crippen MR) is 136 cm³/mol. The van der Waals surface area contributed by atoms with Gasteiger partial charge in [-0.05, 0) is 53.1 Å². The molecule has 0 heterocycles. The van der Waals surface area contributed by atoms with Gasteiger partial charge in [-0.2, -0.15) is 0 Å². The third kappa shape index (κ3) is 5.25. The summed E-state index contributed by atoms with van der Waals surface area (Å²) < 4.78 is 44.3. The van der Waals surface area contributed by atoms with Crippen molar-refractivity contribution in [3.8, 4) is 0 Å². The Balaban J connectivity index is 1.48. The van der Waals surface area contributed by atoms with E-state index in [1.807, 2.05) is 60.7 Å². The van der Waals surface area contributed by atoms with E-state index in [4.69, 9.17) is 0 Å². The first-order valence-corrected chi connectivity index (χ1v) is 11.9. The van der Waals surface area contributed by atoms with E-state index in [0.29, 0.717) is 23.1 Å². The quantitative estimate of drug-likeness (QED) is 0.310.